The van der Waals surface area contributed by atoms with E-state index in [0.29, 0.717) is 21.5 Å². The van der Waals surface area contributed by atoms with Gasteiger partial charge in [0.25, 0.3) is 5.89 Å². The monoisotopic (exact) mass is 363 g/mol. The second-order valence-corrected chi connectivity index (χ2v) is 5.69. The lowest BCUT2D eigenvalue weighted by Gasteiger charge is -2.05. The molecule has 3 rings (SSSR count). The molecule has 0 saturated heterocycles. The summed E-state index contributed by atoms with van der Waals surface area (Å²) in [5.74, 6) is -0.125. The van der Waals surface area contributed by atoms with E-state index in [1.54, 1.807) is 30.3 Å². The molecule has 6 nitrogen and oxygen atoms in total. The summed E-state index contributed by atoms with van der Waals surface area (Å²) in [6, 6.07) is 11.4. The highest BCUT2D eigenvalue weighted by Crippen LogP contribution is 2.21. The Morgan fingerprint density at radius 2 is 1.79 bits per heavy atom. The molecule has 0 bridgehead atoms. The van der Waals surface area contributed by atoms with Gasteiger partial charge >= 0.3 is 5.97 Å². The van der Waals surface area contributed by atoms with Gasteiger partial charge in [0.1, 0.15) is 0 Å². The third kappa shape index (κ3) is 3.67. The highest BCUT2D eigenvalue weighted by molar-refractivity contribution is 6.31. The molecule has 0 amide bonds. The van der Waals surface area contributed by atoms with Crippen molar-refractivity contribution in [3.63, 3.8) is 0 Å². The lowest BCUT2D eigenvalue weighted by Crippen LogP contribution is -2.08. The number of rotatable bonds is 4. The minimum absolute atomic E-state index is 0.165. The summed E-state index contributed by atoms with van der Waals surface area (Å²) in [7, 11) is 0. The predicted octanol–water partition coefficient (Wildman–Crippen LogP) is 3.98. The van der Waals surface area contributed by atoms with Crippen LogP contribution in [0.4, 0.5) is 5.69 Å². The van der Waals surface area contributed by atoms with Gasteiger partial charge < -0.3 is 14.9 Å². The summed E-state index contributed by atoms with van der Waals surface area (Å²) < 4.78 is 10.6. The van der Waals surface area contributed by atoms with Gasteiger partial charge in [-0.25, -0.2) is 4.79 Å². The summed E-state index contributed by atoms with van der Waals surface area (Å²) in [6.45, 7) is -0.165. The van der Waals surface area contributed by atoms with Crippen molar-refractivity contribution >= 4 is 34.9 Å². The highest BCUT2D eigenvalue weighted by atomic mass is 35.5. The van der Waals surface area contributed by atoms with Crippen LogP contribution in [0.3, 0.4) is 0 Å². The number of aromatic nitrogens is 2. The van der Waals surface area contributed by atoms with Crippen LogP contribution in [0.15, 0.2) is 46.9 Å². The van der Waals surface area contributed by atoms with E-state index in [4.69, 9.17) is 38.1 Å². The molecule has 0 saturated carbocycles. The van der Waals surface area contributed by atoms with Crippen molar-refractivity contribution < 1.29 is 13.9 Å². The van der Waals surface area contributed by atoms with Crippen molar-refractivity contribution in [3.8, 4) is 11.5 Å². The Morgan fingerprint density at radius 1 is 1.08 bits per heavy atom. The topological polar surface area (TPSA) is 91.2 Å². The number of nitrogens with zero attached hydrogens (tertiary/aromatic N) is 2. The van der Waals surface area contributed by atoms with Crippen molar-refractivity contribution in [2.45, 2.75) is 6.61 Å². The Balaban J connectivity index is 1.67. The molecule has 0 unspecified atom stereocenters. The van der Waals surface area contributed by atoms with E-state index in [9.17, 15) is 4.79 Å². The van der Waals surface area contributed by atoms with Crippen molar-refractivity contribution in [1.29, 1.82) is 0 Å². The molecule has 2 aromatic carbocycles. The van der Waals surface area contributed by atoms with Crippen molar-refractivity contribution in [2.24, 2.45) is 0 Å². The van der Waals surface area contributed by atoms with Crippen LogP contribution in [0.25, 0.3) is 11.5 Å². The maximum absolute atomic E-state index is 12.0. The molecule has 1 aromatic heterocycles. The number of esters is 1. The summed E-state index contributed by atoms with van der Waals surface area (Å²) in [5, 5.41) is 8.78. The predicted molar refractivity (Wildman–Crippen MR) is 89.7 cm³/mol. The van der Waals surface area contributed by atoms with Gasteiger partial charge in [-0.05, 0) is 42.5 Å². The first kappa shape index (κ1) is 16.3. The molecule has 3 aromatic rings. The smallest absolute Gasteiger partial charge is 0.340 e. The summed E-state index contributed by atoms with van der Waals surface area (Å²) >= 11 is 11.6. The first-order valence-electron chi connectivity index (χ1n) is 6.83. The van der Waals surface area contributed by atoms with E-state index in [-0.39, 0.29) is 23.7 Å². The van der Waals surface area contributed by atoms with Crippen LogP contribution in [0.5, 0.6) is 0 Å². The zero-order valence-electron chi connectivity index (χ0n) is 12.2. The average Bonchev–Trinajstić information content (AvgIpc) is 3.02. The molecule has 0 atom stereocenters. The van der Waals surface area contributed by atoms with Crippen molar-refractivity contribution in [2.75, 3.05) is 5.73 Å². The second-order valence-electron chi connectivity index (χ2n) is 4.82. The van der Waals surface area contributed by atoms with Gasteiger partial charge in [-0.3, -0.25) is 0 Å². The molecule has 2 N–H and O–H groups in total. The second kappa shape index (κ2) is 6.90. The van der Waals surface area contributed by atoms with Crippen LogP contribution in [0.1, 0.15) is 16.2 Å². The SMILES string of the molecule is Nc1cc(Cl)ccc1C(=O)OCc1nnc(-c2ccc(Cl)cc2)o1. The number of ether oxygens (including phenoxy) is 1. The number of nitrogens with two attached hydrogens (primary N) is 1. The van der Waals surface area contributed by atoms with Crippen LogP contribution in [0, 0.1) is 0 Å². The van der Waals surface area contributed by atoms with Gasteiger partial charge in [0.05, 0.1) is 5.56 Å². The number of carbonyl (C=O) groups is 1. The Labute approximate surface area is 147 Å². The van der Waals surface area contributed by atoms with Gasteiger partial charge in [-0.15, -0.1) is 10.2 Å². The highest BCUT2D eigenvalue weighted by Gasteiger charge is 2.14. The minimum atomic E-state index is -0.601. The number of halogens is 2. The first-order chi connectivity index (χ1) is 11.5. The number of hydrogen-bond donors (Lipinski definition) is 1. The normalized spacial score (nSPS) is 10.6. The largest absolute Gasteiger partial charge is 0.452 e. The third-order valence-electron chi connectivity index (χ3n) is 3.12. The lowest BCUT2D eigenvalue weighted by atomic mass is 10.2. The quantitative estimate of drug-likeness (QED) is 0.556. The fourth-order valence-electron chi connectivity index (χ4n) is 1.95. The third-order valence-corrected chi connectivity index (χ3v) is 3.61. The number of hydrogen-bond acceptors (Lipinski definition) is 6. The molecule has 0 aliphatic carbocycles. The lowest BCUT2D eigenvalue weighted by molar-refractivity contribution is 0.0440. The van der Waals surface area contributed by atoms with Crippen LogP contribution >= 0.6 is 23.2 Å². The van der Waals surface area contributed by atoms with E-state index >= 15 is 0 Å². The van der Waals surface area contributed by atoms with Gasteiger partial charge in [0.2, 0.25) is 5.89 Å². The van der Waals surface area contributed by atoms with E-state index in [2.05, 4.69) is 10.2 Å². The molecule has 0 aliphatic heterocycles. The molecule has 0 fully saturated rings. The summed E-state index contributed by atoms with van der Waals surface area (Å²) in [4.78, 5) is 12.0. The zero-order chi connectivity index (χ0) is 17.1. The molecule has 8 heteroatoms. The van der Waals surface area contributed by atoms with Crippen LogP contribution in [0.2, 0.25) is 10.0 Å². The number of nitrogen functional groups attached to an aromatic ring is 1. The Morgan fingerprint density at radius 3 is 2.50 bits per heavy atom. The Kier molecular flexibility index (Phi) is 4.69. The molecule has 122 valence electrons. The summed E-state index contributed by atoms with van der Waals surface area (Å²) in [5.41, 5.74) is 6.91. The summed E-state index contributed by atoms with van der Waals surface area (Å²) in [6.07, 6.45) is 0. The molecule has 0 radical (unpaired) electrons. The average molecular weight is 364 g/mol. The van der Waals surface area contributed by atoms with Crippen molar-refractivity contribution in [3.05, 3.63) is 64.0 Å². The van der Waals surface area contributed by atoms with Crippen molar-refractivity contribution in [1.82, 2.24) is 10.2 Å². The van der Waals surface area contributed by atoms with Crippen LogP contribution in [-0.4, -0.2) is 16.2 Å². The Hall–Kier alpha value is -2.57. The van der Waals surface area contributed by atoms with Gasteiger partial charge in [0, 0.05) is 21.3 Å². The molecule has 1 heterocycles. The minimum Gasteiger partial charge on any atom is -0.452 e. The fraction of sp³-hybridized carbons (Fsp3) is 0.0625. The van der Waals surface area contributed by atoms with E-state index < -0.39 is 5.97 Å². The Bertz CT molecular complexity index is 879. The van der Waals surface area contributed by atoms with E-state index in [0.717, 1.165) is 0 Å². The van der Waals surface area contributed by atoms with Crippen LogP contribution in [-0.2, 0) is 11.3 Å². The zero-order valence-corrected chi connectivity index (χ0v) is 13.7. The molecule has 0 aliphatic rings. The number of anilines is 1. The number of carbonyl (C=O) groups excluding carboxylic acids is 1. The van der Waals surface area contributed by atoms with Gasteiger partial charge in [-0.2, -0.15) is 0 Å². The van der Waals surface area contributed by atoms with E-state index in [1.165, 1.54) is 12.1 Å². The first-order valence-corrected chi connectivity index (χ1v) is 7.59. The number of benzene rings is 2. The van der Waals surface area contributed by atoms with E-state index in [1.807, 2.05) is 0 Å². The molecule has 0 spiro atoms. The van der Waals surface area contributed by atoms with Gasteiger partial charge in [-0.1, -0.05) is 23.2 Å². The standard InChI is InChI=1S/C16H11Cl2N3O3/c17-10-3-1-9(2-4-10)15-21-20-14(24-15)8-23-16(22)12-6-5-11(18)7-13(12)19/h1-7H,8,19H2. The fourth-order valence-corrected chi connectivity index (χ4v) is 2.25. The van der Waals surface area contributed by atoms with Crippen LogP contribution < -0.4 is 5.73 Å². The molecule has 24 heavy (non-hydrogen) atoms. The molecular weight excluding hydrogens is 353 g/mol. The maximum Gasteiger partial charge on any atom is 0.340 e. The maximum atomic E-state index is 12.0. The molecular formula is C16H11Cl2N3O3. The van der Waals surface area contributed by atoms with Gasteiger partial charge in [0.15, 0.2) is 6.61 Å².